The molecule has 88 valence electrons. The van der Waals surface area contributed by atoms with Crippen LogP contribution >= 0.6 is 0 Å². The zero-order valence-electron chi connectivity index (χ0n) is 9.66. The van der Waals surface area contributed by atoms with Crippen LogP contribution < -0.4 is 0 Å². The molecule has 1 amide bonds. The van der Waals surface area contributed by atoms with E-state index >= 15 is 0 Å². The van der Waals surface area contributed by atoms with Gasteiger partial charge in [0.25, 0.3) is 0 Å². The van der Waals surface area contributed by atoms with Gasteiger partial charge in [0.15, 0.2) is 0 Å². The lowest BCUT2D eigenvalue weighted by molar-refractivity contribution is -0.138. The molecule has 15 heavy (non-hydrogen) atoms. The minimum absolute atomic E-state index is 0.0395. The molecule has 4 nitrogen and oxygen atoms in total. The van der Waals surface area contributed by atoms with Gasteiger partial charge < -0.3 is 10.0 Å². The predicted molar refractivity (Wildman–Crippen MR) is 58.6 cm³/mol. The van der Waals surface area contributed by atoms with Gasteiger partial charge >= 0.3 is 5.97 Å². The summed E-state index contributed by atoms with van der Waals surface area (Å²) in [4.78, 5) is 23.7. The fraction of sp³-hybridized carbons (Fsp3) is 0.818. The number of hydrogen-bond acceptors (Lipinski definition) is 2. The minimum atomic E-state index is -0.848. The van der Waals surface area contributed by atoms with Crippen LogP contribution in [-0.4, -0.2) is 35.0 Å². The quantitative estimate of drug-likeness (QED) is 0.672. The first-order valence-electron chi connectivity index (χ1n) is 5.61. The van der Waals surface area contributed by atoms with Crippen molar-refractivity contribution in [3.8, 4) is 0 Å². The molecule has 0 aromatic rings. The lowest BCUT2D eigenvalue weighted by atomic mass is 10.2. The molecule has 0 spiro atoms. The Bertz CT molecular complexity index is 204. The van der Waals surface area contributed by atoms with Crippen molar-refractivity contribution in [2.75, 3.05) is 13.1 Å². The number of carboxylic acids is 1. The second-order valence-corrected chi connectivity index (χ2v) is 3.63. The van der Waals surface area contributed by atoms with E-state index in [1.165, 1.54) is 0 Å². The maximum absolute atomic E-state index is 11.6. The van der Waals surface area contributed by atoms with Gasteiger partial charge in [0, 0.05) is 19.5 Å². The summed E-state index contributed by atoms with van der Waals surface area (Å²) >= 11 is 0. The summed E-state index contributed by atoms with van der Waals surface area (Å²) in [6.07, 6.45) is 3.32. The normalized spacial score (nSPS) is 10.0. The molecule has 0 atom stereocenters. The molecule has 0 aromatic carbocycles. The van der Waals surface area contributed by atoms with E-state index in [1.807, 2.05) is 13.8 Å². The highest BCUT2D eigenvalue weighted by atomic mass is 16.4. The number of aliphatic carboxylic acids is 1. The van der Waals surface area contributed by atoms with E-state index in [0.717, 1.165) is 19.3 Å². The number of rotatable bonds is 8. The number of nitrogens with zero attached hydrogens (tertiary/aromatic N) is 1. The number of hydrogen-bond donors (Lipinski definition) is 1. The fourth-order valence-electron chi connectivity index (χ4n) is 1.35. The van der Waals surface area contributed by atoms with E-state index in [2.05, 4.69) is 0 Å². The van der Waals surface area contributed by atoms with Crippen molar-refractivity contribution in [3.63, 3.8) is 0 Å². The largest absolute Gasteiger partial charge is 0.481 e. The van der Waals surface area contributed by atoms with Crippen LogP contribution in [0.2, 0.25) is 0 Å². The molecule has 0 aliphatic carbocycles. The standard InChI is InChI=1S/C11H21NO3/c1-3-5-6-10(13)12(8-4-2)9-7-11(14)15/h3-9H2,1-2H3,(H,14,15). The molecule has 4 heteroatoms. The van der Waals surface area contributed by atoms with Crippen molar-refractivity contribution in [3.05, 3.63) is 0 Å². The van der Waals surface area contributed by atoms with Gasteiger partial charge in [-0.15, -0.1) is 0 Å². The molecule has 0 fully saturated rings. The Morgan fingerprint density at radius 2 is 1.73 bits per heavy atom. The van der Waals surface area contributed by atoms with Gasteiger partial charge in [0.05, 0.1) is 6.42 Å². The third-order valence-corrected chi connectivity index (χ3v) is 2.19. The smallest absolute Gasteiger partial charge is 0.305 e. The van der Waals surface area contributed by atoms with E-state index in [0.29, 0.717) is 19.5 Å². The highest BCUT2D eigenvalue weighted by molar-refractivity contribution is 5.77. The zero-order valence-corrected chi connectivity index (χ0v) is 9.66. The summed E-state index contributed by atoms with van der Waals surface area (Å²) in [5, 5.41) is 8.55. The Morgan fingerprint density at radius 3 is 2.20 bits per heavy atom. The summed E-state index contributed by atoms with van der Waals surface area (Å²) in [7, 11) is 0. The Hall–Kier alpha value is -1.06. The third-order valence-electron chi connectivity index (χ3n) is 2.19. The molecule has 0 radical (unpaired) electrons. The Labute approximate surface area is 91.3 Å². The van der Waals surface area contributed by atoms with Gasteiger partial charge in [-0.2, -0.15) is 0 Å². The first-order chi connectivity index (χ1) is 7.11. The number of carbonyl (C=O) groups excluding carboxylic acids is 1. The van der Waals surface area contributed by atoms with Crippen molar-refractivity contribution < 1.29 is 14.7 Å². The summed E-state index contributed by atoms with van der Waals surface area (Å²) in [5.74, 6) is -0.764. The number of carbonyl (C=O) groups is 2. The van der Waals surface area contributed by atoms with Gasteiger partial charge in [0.2, 0.25) is 5.91 Å². The number of amides is 1. The molecule has 0 aliphatic heterocycles. The molecule has 0 saturated carbocycles. The molecule has 0 bridgehead atoms. The molecule has 0 rings (SSSR count). The summed E-state index contributed by atoms with van der Waals surface area (Å²) < 4.78 is 0. The van der Waals surface area contributed by atoms with Crippen LogP contribution in [0.15, 0.2) is 0 Å². The average molecular weight is 215 g/mol. The van der Waals surface area contributed by atoms with Crippen molar-refractivity contribution in [1.29, 1.82) is 0 Å². The van der Waals surface area contributed by atoms with Crippen molar-refractivity contribution >= 4 is 11.9 Å². The van der Waals surface area contributed by atoms with E-state index in [-0.39, 0.29) is 12.3 Å². The van der Waals surface area contributed by atoms with Crippen molar-refractivity contribution in [2.45, 2.75) is 46.0 Å². The predicted octanol–water partition coefficient (Wildman–Crippen LogP) is 1.89. The first-order valence-corrected chi connectivity index (χ1v) is 5.61. The third kappa shape index (κ3) is 6.94. The topological polar surface area (TPSA) is 57.6 Å². The van der Waals surface area contributed by atoms with Crippen LogP contribution in [0, 0.1) is 0 Å². The lowest BCUT2D eigenvalue weighted by Crippen LogP contribution is -2.33. The number of unbranched alkanes of at least 4 members (excludes halogenated alkanes) is 1. The summed E-state index contributed by atoms with van der Waals surface area (Å²) in [6.45, 7) is 5.02. The molecule has 0 aliphatic rings. The van der Waals surface area contributed by atoms with Gasteiger partial charge in [-0.05, 0) is 12.8 Å². The van der Waals surface area contributed by atoms with E-state index in [9.17, 15) is 9.59 Å². The fourth-order valence-corrected chi connectivity index (χ4v) is 1.35. The second-order valence-electron chi connectivity index (χ2n) is 3.63. The highest BCUT2D eigenvalue weighted by Gasteiger charge is 2.12. The average Bonchev–Trinajstić information content (AvgIpc) is 2.20. The maximum atomic E-state index is 11.6. The van der Waals surface area contributed by atoms with Crippen LogP contribution in [0.4, 0.5) is 0 Å². The molecule has 0 saturated heterocycles. The number of carboxylic acid groups (broad SMARTS) is 1. The summed E-state index contributed by atoms with van der Waals surface area (Å²) in [5.41, 5.74) is 0. The van der Waals surface area contributed by atoms with Crippen LogP contribution in [0.5, 0.6) is 0 Å². The van der Waals surface area contributed by atoms with Crippen LogP contribution in [0.25, 0.3) is 0 Å². The minimum Gasteiger partial charge on any atom is -0.481 e. The zero-order chi connectivity index (χ0) is 11.7. The molecular formula is C11H21NO3. The first kappa shape index (κ1) is 13.9. The molecule has 0 aromatic heterocycles. The monoisotopic (exact) mass is 215 g/mol. The molecule has 1 N–H and O–H groups in total. The van der Waals surface area contributed by atoms with Gasteiger partial charge in [-0.25, -0.2) is 0 Å². The van der Waals surface area contributed by atoms with Crippen LogP contribution in [0.3, 0.4) is 0 Å². The van der Waals surface area contributed by atoms with Gasteiger partial charge in [-0.1, -0.05) is 20.3 Å². The highest BCUT2D eigenvalue weighted by Crippen LogP contribution is 2.03. The SMILES string of the molecule is CCCCC(=O)N(CCC)CCC(=O)O. The van der Waals surface area contributed by atoms with E-state index in [4.69, 9.17) is 5.11 Å². The second kappa shape index (κ2) is 8.26. The molecular weight excluding hydrogens is 194 g/mol. The maximum Gasteiger partial charge on any atom is 0.305 e. The van der Waals surface area contributed by atoms with E-state index < -0.39 is 5.97 Å². The Kier molecular flexibility index (Phi) is 7.68. The van der Waals surface area contributed by atoms with Crippen molar-refractivity contribution in [1.82, 2.24) is 4.90 Å². The van der Waals surface area contributed by atoms with Crippen LogP contribution in [0.1, 0.15) is 46.0 Å². The molecule has 0 heterocycles. The lowest BCUT2D eigenvalue weighted by Gasteiger charge is -2.21. The molecule has 0 unspecified atom stereocenters. The van der Waals surface area contributed by atoms with Gasteiger partial charge in [0.1, 0.15) is 0 Å². The Balaban J connectivity index is 4.00. The van der Waals surface area contributed by atoms with Gasteiger partial charge in [-0.3, -0.25) is 9.59 Å². The Morgan fingerprint density at radius 1 is 1.07 bits per heavy atom. The summed E-state index contributed by atoms with van der Waals surface area (Å²) in [6, 6.07) is 0. The van der Waals surface area contributed by atoms with E-state index in [1.54, 1.807) is 4.90 Å². The van der Waals surface area contributed by atoms with Crippen LogP contribution in [-0.2, 0) is 9.59 Å². The van der Waals surface area contributed by atoms with Crippen molar-refractivity contribution in [2.24, 2.45) is 0 Å².